The van der Waals surface area contributed by atoms with E-state index in [2.05, 4.69) is 12.2 Å². The van der Waals surface area contributed by atoms with Gasteiger partial charge in [-0.05, 0) is 24.5 Å². The van der Waals surface area contributed by atoms with Crippen molar-refractivity contribution >= 4 is 17.5 Å². The minimum Gasteiger partial charge on any atom is -0.345 e. The first-order valence-electron chi connectivity index (χ1n) is 6.12. The van der Waals surface area contributed by atoms with Gasteiger partial charge in [-0.1, -0.05) is 19.1 Å². The van der Waals surface area contributed by atoms with Crippen molar-refractivity contribution in [1.82, 2.24) is 4.90 Å². The van der Waals surface area contributed by atoms with Gasteiger partial charge in [0.05, 0.1) is 11.3 Å². The summed E-state index contributed by atoms with van der Waals surface area (Å²) in [6.45, 7) is 2.06. The molecule has 0 radical (unpaired) electrons. The highest BCUT2D eigenvalue weighted by atomic mass is 16.2. The molecule has 4 nitrogen and oxygen atoms in total. The van der Waals surface area contributed by atoms with Gasteiger partial charge >= 0.3 is 0 Å². The average Bonchev–Trinajstić information content (AvgIpc) is 3.06. The minimum atomic E-state index is -0.102. The molecule has 2 unspecified atom stereocenters. The molecule has 1 saturated carbocycles. The van der Waals surface area contributed by atoms with Crippen LogP contribution in [0.1, 0.15) is 23.7 Å². The summed E-state index contributed by atoms with van der Waals surface area (Å²) in [7, 11) is 3.40. The van der Waals surface area contributed by atoms with E-state index in [4.69, 9.17) is 0 Å². The van der Waals surface area contributed by atoms with E-state index in [0.29, 0.717) is 17.2 Å². The van der Waals surface area contributed by atoms with Crippen LogP contribution < -0.4 is 5.32 Å². The van der Waals surface area contributed by atoms with E-state index < -0.39 is 0 Å². The Morgan fingerprint density at radius 3 is 2.44 bits per heavy atom. The lowest BCUT2D eigenvalue weighted by atomic mass is 10.1. The zero-order valence-corrected chi connectivity index (χ0v) is 10.9. The van der Waals surface area contributed by atoms with Crippen LogP contribution in [0.4, 0.5) is 5.69 Å². The van der Waals surface area contributed by atoms with Crippen LogP contribution in [0.5, 0.6) is 0 Å². The molecule has 1 aromatic rings. The summed E-state index contributed by atoms with van der Waals surface area (Å²) in [5, 5.41) is 2.85. The molecule has 1 fully saturated rings. The first kappa shape index (κ1) is 12.6. The molecular formula is C14H18N2O2. The molecule has 2 atom stereocenters. The van der Waals surface area contributed by atoms with Gasteiger partial charge in [-0.25, -0.2) is 0 Å². The number of para-hydroxylation sites is 1. The van der Waals surface area contributed by atoms with E-state index in [9.17, 15) is 9.59 Å². The quantitative estimate of drug-likeness (QED) is 0.886. The van der Waals surface area contributed by atoms with Gasteiger partial charge in [0, 0.05) is 20.0 Å². The number of rotatable bonds is 3. The fraction of sp³-hybridized carbons (Fsp3) is 0.429. The minimum absolute atomic E-state index is 0.0153. The van der Waals surface area contributed by atoms with Crippen LogP contribution in [0.3, 0.4) is 0 Å². The average molecular weight is 246 g/mol. The molecular weight excluding hydrogens is 228 g/mol. The molecule has 0 aliphatic heterocycles. The van der Waals surface area contributed by atoms with Crippen LogP contribution in [0.2, 0.25) is 0 Å². The van der Waals surface area contributed by atoms with Gasteiger partial charge in [0.25, 0.3) is 5.91 Å². The van der Waals surface area contributed by atoms with Crippen molar-refractivity contribution in [2.24, 2.45) is 11.8 Å². The first-order chi connectivity index (χ1) is 8.50. The van der Waals surface area contributed by atoms with Crippen LogP contribution in [-0.4, -0.2) is 30.8 Å². The first-order valence-corrected chi connectivity index (χ1v) is 6.12. The summed E-state index contributed by atoms with van der Waals surface area (Å²) in [5.41, 5.74) is 1.13. The summed E-state index contributed by atoms with van der Waals surface area (Å²) < 4.78 is 0. The Labute approximate surface area is 107 Å². The normalized spacial score (nSPS) is 21.3. The molecule has 0 aromatic heterocycles. The Hall–Kier alpha value is -1.84. The maximum Gasteiger partial charge on any atom is 0.255 e. The number of hydrogen-bond acceptors (Lipinski definition) is 2. The van der Waals surface area contributed by atoms with Crippen molar-refractivity contribution < 1.29 is 9.59 Å². The van der Waals surface area contributed by atoms with Gasteiger partial charge in [0.15, 0.2) is 0 Å². The number of hydrogen-bond donors (Lipinski definition) is 1. The Kier molecular flexibility index (Phi) is 3.36. The molecule has 0 bridgehead atoms. The van der Waals surface area contributed by atoms with Gasteiger partial charge in [-0.3, -0.25) is 9.59 Å². The van der Waals surface area contributed by atoms with Crippen LogP contribution >= 0.6 is 0 Å². The Balaban J connectivity index is 2.17. The zero-order chi connectivity index (χ0) is 13.3. The summed E-state index contributed by atoms with van der Waals surface area (Å²) >= 11 is 0. The van der Waals surface area contributed by atoms with Crippen LogP contribution in [0, 0.1) is 11.8 Å². The predicted octanol–water partition coefficient (Wildman–Crippen LogP) is 1.98. The third-order valence-electron chi connectivity index (χ3n) is 3.27. The van der Waals surface area contributed by atoms with E-state index >= 15 is 0 Å². The number of anilines is 1. The summed E-state index contributed by atoms with van der Waals surface area (Å²) in [6.07, 6.45) is 0.940. The van der Waals surface area contributed by atoms with Gasteiger partial charge in [0.1, 0.15) is 0 Å². The highest BCUT2D eigenvalue weighted by Gasteiger charge is 2.39. The summed E-state index contributed by atoms with van der Waals surface area (Å²) in [4.78, 5) is 25.4. The summed E-state index contributed by atoms with van der Waals surface area (Å²) in [6, 6.07) is 7.11. The van der Waals surface area contributed by atoms with E-state index in [1.54, 1.807) is 32.3 Å². The fourth-order valence-electron chi connectivity index (χ4n) is 1.93. The summed E-state index contributed by atoms with van der Waals surface area (Å²) in [5.74, 6) is 0.477. The number of carbonyl (C=O) groups excluding carboxylic acids is 2. The third-order valence-corrected chi connectivity index (χ3v) is 3.27. The van der Waals surface area contributed by atoms with Gasteiger partial charge in [0.2, 0.25) is 5.91 Å². The van der Waals surface area contributed by atoms with Crippen molar-refractivity contribution in [3.63, 3.8) is 0 Å². The van der Waals surface area contributed by atoms with Gasteiger partial charge in [-0.2, -0.15) is 0 Å². The lowest BCUT2D eigenvalue weighted by Gasteiger charge is -2.14. The molecule has 2 amide bonds. The smallest absolute Gasteiger partial charge is 0.255 e. The number of amides is 2. The molecule has 1 N–H and O–H groups in total. The lowest BCUT2D eigenvalue weighted by molar-refractivity contribution is -0.117. The van der Waals surface area contributed by atoms with E-state index in [1.165, 1.54) is 4.90 Å². The van der Waals surface area contributed by atoms with Crippen molar-refractivity contribution in [2.45, 2.75) is 13.3 Å². The maximum absolute atomic E-state index is 12.0. The van der Waals surface area contributed by atoms with Gasteiger partial charge in [-0.15, -0.1) is 0 Å². The molecule has 0 heterocycles. The molecule has 4 heteroatoms. The van der Waals surface area contributed by atoms with E-state index in [1.807, 2.05) is 6.07 Å². The fourth-order valence-corrected chi connectivity index (χ4v) is 1.93. The van der Waals surface area contributed by atoms with Gasteiger partial charge < -0.3 is 10.2 Å². The largest absolute Gasteiger partial charge is 0.345 e. The van der Waals surface area contributed by atoms with Crippen molar-refractivity contribution in [3.05, 3.63) is 29.8 Å². The second-order valence-electron chi connectivity index (χ2n) is 5.05. The Morgan fingerprint density at radius 2 is 1.89 bits per heavy atom. The third kappa shape index (κ3) is 2.53. The molecule has 0 saturated heterocycles. The number of carbonyl (C=O) groups is 2. The maximum atomic E-state index is 12.0. The molecule has 1 aliphatic carbocycles. The molecule has 96 valence electrons. The second-order valence-corrected chi connectivity index (χ2v) is 5.05. The zero-order valence-electron chi connectivity index (χ0n) is 10.9. The topological polar surface area (TPSA) is 49.4 Å². The predicted molar refractivity (Wildman–Crippen MR) is 70.4 cm³/mol. The standard InChI is InChI=1S/C14H18N2O2/c1-9-8-11(9)13(17)15-12-7-5-4-6-10(12)14(18)16(2)3/h4-7,9,11H,8H2,1-3H3,(H,15,17). The molecule has 1 aliphatic rings. The van der Waals surface area contributed by atoms with Crippen LogP contribution in [-0.2, 0) is 4.79 Å². The molecule has 2 rings (SSSR count). The lowest BCUT2D eigenvalue weighted by Crippen LogP contribution is -2.24. The molecule has 1 aromatic carbocycles. The Bertz CT molecular complexity index is 482. The van der Waals surface area contributed by atoms with Crippen molar-refractivity contribution in [2.75, 3.05) is 19.4 Å². The second kappa shape index (κ2) is 4.80. The van der Waals surface area contributed by atoms with Crippen LogP contribution in [0.15, 0.2) is 24.3 Å². The van der Waals surface area contributed by atoms with Crippen molar-refractivity contribution in [3.8, 4) is 0 Å². The molecule has 18 heavy (non-hydrogen) atoms. The Morgan fingerprint density at radius 1 is 1.28 bits per heavy atom. The highest BCUT2D eigenvalue weighted by molar-refractivity contribution is 6.04. The monoisotopic (exact) mass is 246 g/mol. The van der Waals surface area contributed by atoms with Crippen molar-refractivity contribution in [1.29, 1.82) is 0 Å². The SMILES string of the molecule is CC1CC1C(=O)Nc1ccccc1C(=O)N(C)C. The number of nitrogens with one attached hydrogen (secondary N) is 1. The van der Waals surface area contributed by atoms with E-state index in [0.717, 1.165) is 6.42 Å². The molecule has 0 spiro atoms. The van der Waals surface area contributed by atoms with E-state index in [-0.39, 0.29) is 17.7 Å². The van der Waals surface area contributed by atoms with Crippen LogP contribution in [0.25, 0.3) is 0 Å². The number of nitrogens with zero attached hydrogens (tertiary/aromatic N) is 1. The number of benzene rings is 1. The highest BCUT2D eigenvalue weighted by Crippen LogP contribution is 2.38.